The molecule has 6 nitrogen and oxygen atoms in total. The average Bonchev–Trinajstić information content (AvgIpc) is 3.03. The van der Waals surface area contributed by atoms with Gasteiger partial charge < -0.3 is 10.1 Å². The summed E-state index contributed by atoms with van der Waals surface area (Å²) in [7, 11) is -2.34. The summed E-state index contributed by atoms with van der Waals surface area (Å²) in [6.07, 6.45) is 0.763. The third kappa shape index (κ3) is 6.49. The van der Waals surface area contributed by atoms with E-state index in [-0.39, 0.29) is 22.8 Å². The van der Waals surface area contributed by atoms with Crippen LogP contribution in [0.15, 0.2) is 40.6 Å². The molecule has 1 aromatic carbocycles. The van der Waals surface area contributed by atoms with Crippen LogP contribution in [0, 0.1) is 0 Å². The van der Waals surface area contributed by atoms with E-state index in [4.69, 9.17) is 16.3 Å². The normalized spacial score (nSPS) is 11.8. The van der Waals surface area contributed by atoms with Crippen LogP contribution >= 0.6 is 22.9 Å². The zero-order valence-electron chi connectivity index (χ0n) is 15.4. The zero-order valence-corrected chi connectivity index (χ0v) is 17.8. The van der Waals surface area contributed by atoms with Gasteiger partial charge in [-0.1, -0.05) is 23.7 Å². The molecule has 0 fully saturated rings. The molecule has 0 bridgehead atoms. The fourth-order valence-corrected chi connectivity index (χ4v) is 5.11. The predicted molar refractivity (Wildman–Crippen MR) is 108 cm³/mol. The number of sulfonamides is 1. The lowest BCUT2D eigenvalue weighted by Gasteiger charge is -2.15. The Morgan fingerprint density at radius 1 is 1.22 bits per heavy atom. The molecule has 1 amide bonds. The maximum atomic E-state index is 12.4. The highest BCUT2D eigenvalue weighted by molar-refractivity contribution is 7.91. The van der Waals surface area contributed by atoms with Gasteiger partial charge in [0.2, 0.25) is 5.91 Å². The summed E-state index contributed by atoms with van der Waals surface area (Å²) in [4.78, 5) is 12.0. The number of rotatable bonds is 9. The Morgan fingerprint density at radius 3 is 2.44 bits per heavy atom. The Bertz CT molecular complexity index is 864. The van der Waals surface area contributed by atoms with Gasteiger partial charge in [0.05, 0.1) is 17.0 Å². The first kappa shape index (κ1) is 21.7. The van der Waals surface area contributed by atoms with Gasteiger partial charge in [-0.3, -0.25) is 4.79 Å². The van der Waals surface area contributed by atoms with Crippen LogP contribution in [-0.4, -0.2) is 44.9 Å². The average molecular weight is 431 g/mol. The molecule has 1 heterocycles. The molecule has 0 atom stereocenters. The first-order chi connectivity index (χ1) is 12.7. The molecule has 0 radical (unpaired) electrons. The van der Waals surface area contributed by atoms with Crippen LogP contribution in [0.25, 0.3) is 0 Å². The fraction of sp³-hybridized carbons (Fsp3) is 0.389. The number of hydrogen-bond donors (Lipinski definition) is 1. The van der Waals surface area contributed by atoms with Gasteiger partial charge in [0.15, 0.2) is 0 Å². The molecule has 1 N–H and O–H groups in total. The molecule has 2 rings (SSSR count). The van der Waals surface area contributed by atoms with Crippen molar-refractivity contribution in [3.05, 3.63) is 46.3 Å². The first-order valence-corrected chi connectivity index (χ1v) is 11.1. The Hall–Kier alpha value is -1.61. The standard InChI is InChI=1S/C18H23ClN2O4S2/c1-13(2)25-15-6-4-14(5-7-15)10-11-20-17(22)12-21(3)27(23,24)18-9-8-16(19)26-18/h4-9,13H,10-12H2,1-3H3,(H,20,22). The SMILES string of the molecule is CC(C)Oc1ccc(CCNC(=O)CN(C)S(=O)(=O)c2ccc(Cl)s2)cc1. The van der Waals surface area contributed by atoms with Crippen molar-refractivity contribution in [1.29, 1.82) is 0 Å². The number of hydrogen-bond acceptors (Lipinski definition) is 5. The van der Waals surface area contributed by atoms with Crippen molar-refractivity contribution in [1.82, 2.24) is 9.62 Å². The summed E-state index contributed by atoms with van der Waals surface area (Å²) >= 11 is 6.75. The Kier molecular flexibility index (Phi) is 7.67. The number of benzene rings is 1. The number of ether oxygens (including phenoxy) is 1. The topological polar surface area (TPSA) is 75.7 Å². The van der Waals surface area contributed by atoms with Crippen molar-refractivity contribution >= 4 is 38.9 Å². The molecular formula is C18H23ClN2O4S2. The minimum atomic E-state index is -3.71. The highest BCUT2D eigenvalue weighted by atomic mass is 35.5. The molecule has 1 aromatic heterocycles. The summed E-state index contributed by atoms with van der Waals surface area (Å²) in [5.41, 5.74) is 1.06. The lowest BCUT2D eigenvalue weighted by atomic mass is 10.1. The summed E-state index contributed by atoms with van der Waals surface area (Å²) in [6.45, 7) is 4.10. The van der Waals surface area contributed by atoms with Gasteiger partial charge in [-0.05, 0) is 50.1 Å². The number of nitrogens with one attached hydrogen (secondary N) is 1. The predicted octanol–water partition coefficient (Wildman–Crippen LogP) is 3.17. The number of likely N-dealkylation sites (N-methyl/N-ethyl adjacent to an activating group) is 1. The summed E-state index contributed by atoms with van der Waals surface area (Å²) in [5, 5.41) is 2.74. The Balaban J connectivity index is 1.80. The van der Waals surface area contributed by atoms with Gasteiger partial charge in [-0.15, -0.1) is 11.3 Å². The second-order valence-corrected chi connectivity index (χ2v) is 10.2. The van der Waals surface area contributed by atoms with Crippen LogP contribution in [0.4, 0.5) is 0 Å². The van der Waals surface area contributed by atoms with Crippen molar-refractivity contribution in [3.63, 3.8) is 0 Å². The van der Waals surface area contributed by atoms with Crippen LogP contribution in [0.2, 0.25) is 4.34 Å². The summed E-state index contributed by atoms with van der Waals surface area (Å²) in [6, 6.07) is 10.6. The quantitative estimate of drug-likeness (QED) is 0.663. The largest absolute Gasteiger partial charge is 0.491 e. The zero-order chi connectivity index (χ0) is 20.0. The third-order valence-corrected chi connectivity index (χ3v) is 7.11. The Labute approximate surface area is 169 Å². The maximum absolute atomic E-state index is 12.4. The van der Waals surface area contributed by atoms with E-state index in [2.05, 4.69) is 5.32 Å². The molecule has 2 aromatic rings. The number of carbonyl (C=O) groups is 1. The lowest BCUT2D eigenvalue weighted by molar-refractivity contribution is -0.121. The third-order valence-electron chi connectivity index (χ3n) is 3.61. The molecule has 0 aliphatic heterocycles. The molecule has 0 aliphatic carbocycles. The van der Waals surface area contributed by atoms with E-state index < -0.39 is 10.0 Å². The van der Waals surface area contributed by atoms with Gasteiger partial charge in [0.25, 0.3) is 10.0 Å². The molecule has 148 valence electrons. The molecule has 9 heteroatoms. The van der Waals surface area contributed by atoms with Crippen molar-refractivity contribution in [2.45, 2.75) is 30.6 Å². The van der Waals surface area contributed by atoms with Crippen molar-refractivity contribution in [2.75, 3.05) is 20.1 Å². The van der Waals surface area contributed by atoms with Crippen molar-refractivity contribution < 1.29 is 17.9 Å². The second kappa shape index (κ2) is 9.54. The van der Waals surface area contributed by atoms with Crippen LogP contribution in [-0.2, 0) is 21.2 Å². The fourth-order valence-electron chi connectivity index (χ4n) is 2.29. The maximum Gasteiger partial charge on any atom is 0.252 e. The van der Waals surface area contributed by atoms with Crippen LogP contribution in [0.3, 0.4) is 0 Å². The van der Waals surface area contributed by atoms with E-state index in [1.165, 1.54) is 19.2 Å². The van der Waals surface area contributed by atoms with Gasteiger partial charge in [-0.2, -0.15) is 4.31 Å². The van der Waals surface area contributed by atoms with Crippen LogP contribution < -0.4 is 10.1 Å². The first-order valence-electron chi connectivity index (χ1n) is 8.42. The molecule has 0 saturated carbocycles. The highest BCUT2D eigenvalue weighted by Gasteiger charge is 2.24. The summed E-state index contributed by atoms with van der Waals surface area (Å²) in [5.74, 6) is 0.446. The number of halogens is 1. The number of nitrogens with zero attached hydrogens (tertiary/aromatic N) is 1. The van der Waals surface area contributed by atoms with E-state index in [1.807, 2.05) is 38.1 Å². The van der Waals surface area contributed by atoms with E-state index >= 15 is 0 Å². The van der Waals surface area contributed by atoms with Crippen LogP contribution in [0.1, 0.15) is 19.4 Å². The van der Waals surface area contributed by atoms with E-state index in [0.717, 1.165) is 27.0 Å². The van der Waals surface area contributed by atoms with Gasteiger partial charge in [0, 0.05) is 13.6 Å². The van der Waals surface area contributed by atoms with Gasteiger partial charge in [0.1, 0.15) is 9.96 Å². The summed E-state index contributed by atoms with van der Waals surface area (Å²) < 4.78 is 31.8. The lowest BCUT2D eigenvalue weighted by Crippen LogP contribution is -2.38. The van der Waals surface area contributed by atoms with Crippen molar-refractivity contribution in [2.24, 2.45) is 0 Å². The monoisotopic (exact) mass is 430 g/mol. The van der Waals surface area contributed by atoms with Crippen molar-refractivity contribution in [3.8, 4) is 5.75 Å². The van der Waals surface area contributed by atoms with Gasteiger partial charge >= 0.3 is 0 Å². The Morgan fingerprint density at radius 2 is 1.89 bits per heavy atom. The molecular weight excluding hydrogens is 408 g/mol. The smallest absolute Gasteiger partial charge is 0.252 e. The second-order valence-electron chi connectivity index (χ2n) is 6.23. The molecule has 0 saturated heterocycles. The molecule has 0 aliphatic rings. The van der Waals surface area contributed by atoms with E-state index in [0.29, 0.717) is 17.3 Å². The molecule has 0 unspecified atom stereocenters. The van der Waals surface area contributed by atoms with E-state index in [9.17, 15) is 13.2 Å². The molecule has 27 heavy (non-hydrogen) atoms. The molecule has 0 spiro atoms. The van der Waals surface area contributed by atoms with E-state index in [1.54, 1.807) is 0 Å². The minimum Gasteiger partial charge on any atom is -0.491 e. The highest BCUT2D eigenvalue weighted by Crippen LogP contribution is 2.27. The number of thiophene rings is 1. The number of carbonyl (C=O) groups excluding carboxylic acids is 1. The van der Waals surface area contributed by atoms with Crippen LogP contribution in [0.5, 0.6) is 5.75 Å². The number of amides is 1. The van der Waals surface area contributed by atoms with Gasteiger partial charge in [-0.25, -0.2) is 8.42 Å². The minimum absolute atomic E-state index is 0.117.